The van der Waals surface area contributed by atoms with Crippen molar-refractivity contribution in [3.05, 3.63) is 0 Å². The van der Waals surface area contributed by atoms with E-state index in [1.807, 2.05) is 0 Å². The van der Waals surface area contributed by atoms with Gasteiger partial charge in [-0.3, -0.25) is 0 Å². The molecule has 0 aromatic heterocycles. The topological polar surface area (TPSA) is 29.3 Å². The summed E-state index contributed by atoms with van der Waals surface area (Å²) in [6.07, 6.45) is 11.4. The Labute approximate surface area is 112 Å². The van der Waals surface area contributed by atoms with Crippen molar-refractivity contribution >= 4 is 0 Å². The average Bonchev–Trinajstić information content (AvgIpc) is 2.33. The van der Waals surface area contributed by atoms with E-state index in [4.69, 9.17) is 5.73 Å². The van der Waals surface area contributed by atoms with Gasteiger partial charge >= 0.3 is 0 Å². The molecule has 3 aliphatic rings. The van der Waals surface area contributed by atoms with E-state index in [2.05, 4.69) is 11.8 Å². The number of nitrogens with zero attached hydrogens (tertiary/aromatic N) is 1. The zero-order valence-electron chi connectivity index (χ0n) is 12.0. The molecule has 1 saturated heterocycles. The zero-order valence-corrected chi connectivity index (χ0v) is 12.0. The lowest BCUT2D eigenvalue weighted by molar-refractivity contribution is 0.0106. The van der Waals surface area contributed by atoms with Crippen LogP contribution in [0.15, 0.2) is 0 Å². The number of nitrogens with two attached hydrogens (primary N) is 1. The molecule has 104 valence electrons. The number of likely N-dealkylation sites (tertiary alicyclic amines) is 1. The molecule has 0 atom stereocenters. The van der Waals surface area contributed by atoms with E-state index in [0.717, 1.165) is 11.8 Å². The molecule has 18 heavy (non-hydrogen) atoms. The van der Waals surface area contributed by atoms with Crippen molar-refractivity contribution in [1.82, 2.24) is 4.90 Å². The molecule has 2 aliphatic carbocycles. The van der Waals surface area contributed by atoms with Gasteiger partial charge in [0.25, 0.3) is 0 Å². The van der Waals surface area contributed by atoms with Gasteiger partial charge < -0.3 is 10.6 Å². The molecule has 2 saturated carbocycles. The molecule has 0 amide bonds. The summed E-state index contributed by atoms with van der Waals surface area (Å²) in [6, 6.07) is 0.524. The molecular weight excluding hydrogens is 220 g/mol. The molecule has 1 spiro atoms. The first-order chi connectivity index (χ1) is 8.65. The van der Waals surface area contributed by atoms with Gasteiger partial charge in [0.05, 0.1) is 0 Å². The van der Waals surface area contributed by atoms with Gasteiger partial charge in [-0.15, -0.1) is 0 Å². The second-order valence-corrected chi connectivity index (χ2v) is 7.59. The number of hydrogen-bond donors (Lipinski definition) is 1. The van der Waals surface area contributed by atoms with Gasteiger partial charge in [-0.1, -0.05) is 19.8 Å². The molecule has 1 aliphatic heterocycles. The van der Waals surface area contributed by atoms with Crippen LogP contribution in [-0.4, -0.2) is 30.6 Å². The van der Waals surface area contributed by atoms with Gasteiger partial charge in [-0.05, 0) is 68.9 Å². The number of piperidine rings is 1. The Morgan fingerprint density at radius 1 is 1.06 bits per heavy atom. The fraction of sp³-hybridized carbons (Fsp3) is 1.00. The summed E-state index contributed by atoms with van der Waals surface area (Å²) < 4.78 is 0. The Balaban J connectivity index is 1.40. The zero-order chi connectivity index (χ0) is 12.6. The van der Waals surface area contributed by atoms with Gasteiger partial charge in [-0.2, -0.15) is 0 Å². The maximum atomic E-state index is 5.97. The monoisotopic (exact) mass is 250 g/mol. The highest BCUT2D eigenvalue weighted by Crippen LogP contribution is 2.48. The Hall–Kier alpha value is -0.0800. The Morgan fingerprint density at radius 2 is 1.67 bits per heavy atom. The van der Waals surface area contributed by atoms with Crippen LogP contribution in [0.4, 0.5) is 0 Å². The van der Waals surface area contributed by atoms with Crippen LogP contribution >= 0.6 is 0 Å². The molecular formula is C16H30N2. The van der Waals surface area contributed by atoms with E-state index in [0.29, 0.717) is 11.5 Å². The molecule has 0 aromatic carbocycles. The summed E-state index contributed by atoms with van der Waals surface area (Å²) in [4.78, 5) is 2.75. The highest BCUT2D eigenvalue weighted by molar-refractivity contribution is 4.99. The van der Waals surface area contributed by atoms with Gasteiger partial charge in [0, 0.05) is 12.6 Å². The Bertz CT molecular complexity index is 265. The van der Waals surface area contributed by atoms with Gasteiger partial charge in [-0.25, -0.2) is 0 Å². The lowest BCUT2D eigenvalue weighted by atomic mass is 9.60. The summed E-state index contributed by atoms with van der Waals surface area (Å²) in [5, 5.41) is 0. The number of hydrogen-bond acceptors (Lipinski definition) is 2. The van der Waals surface area contributed by atoms with E-state index < -0.39 is 0 Å². The van der Waals surface area contributed by atoms with Crippen LogP contribution in [-0.2, 0) is 0 Å². The summed E-state index contributed by atoms with van der Waals surface area (Å²) in [5.41, 5.74) is 6.65. The Morgan fingerprint density at radius 3 is 2.22 bits per heavy atom. The lowest BCUT2D eigenvalue weighted by Crippen LogP contribution is -2.52. The molecule has 0 unspecified atom stereocenters. The first-order valence-corrected chi connectivity index (χ1v) is 8.13. The first kappa shape index (κ1) is 12.9. The molecule has 0 aromatic rings. The van der Waals surface area contributed by atoms with Crippen molar-refractivity contribution in [1.29, 1.82) is 0 Å². The molecule has 0 bridgehead atoms. The fourth-order valence-electron chi connectivity index (χ4n) is 4.55. The van der Waals surface area contributed by atoms with Crippen LogP contribution < -0.4 is 5.73 Å². The van der Waals surface area contributed by atoms with Crippen molar-refractivity contribution in [3.63, 3.8) is 0 Å². The predicted molar refractivity (Wildman–Crippen MR) is 76.4 cm³/mol. The van der Waals surface area contributed by atoms with E-state index in [1.165, 1.54) is 71.0 Å². The number of rotatable bonds is 2. The lowest BCUT2D eigenvalue weighted by Gasteiger charge is -2.51. The average molecular weight is 250 g/mol. The van der Waals surface area contributed by atoms with E-state index in [-0.39, 0.29) is 0 Å². The van der Waals surface area contributed by atoms with E-state index in [1.54, 1.807) is 0 Å². The van der Waals surface area contributed by atoms with Gasteiger partial charge in [0.1, 0.15) is 0 Å². The smallest absolute Gasteiger partial charge is 0.00494 e. The van der Waals surface area contributed by atoms with Crippen molar-refractivity contribution in [2.24, 2.45) is 23.0 Å². The minimum absolute atomic E-state index is 0.524. The maximum Gasteiger partial charge on any atom is 0.00494 e. The van der Waals surface area contributed by atoms with Crippen LogP contribution in [0.2, 0.25) is 0 Å². The van der Waals surface area contributed by atoms with Crippen molar-refractivity contribution in [2.45, 2.75) is 64.3 Å². The van der Waals surface area contributed by atoms with Crippen LogP contribution in [0.3, 0.4) is 0 Å². The van der Waals surface area contributed by atoms with Crippen LogP contribution in [0.5, 0.6) is 0 Å². The van der Waals surface area contributed by atoms with E-state index in [9.17, 15) is 0 Å². The molecule has 2 nitrogen and oxygen atoms in total. The van der Waals surface area contributed by atoms with Gasteiger partial charge in [0.2, 0.25) is 0 Å². The highest BCUT2D eigenvalue weighted by Gasteiger charge is 2.44. The standard InChI is InChI=1S/C16H30N2/c1-13-2-4-14(5-3-13)12-18-8-6-16(7-9-18)10-15(17)11-16/h13-15H,2-12,17H2,1H3. The van der Waals surface area contributed by atoms with Crippen molar-refractivity contribution in [3.8, 4) is 0 Å². The highest BCUT2D eigenvalue weighted by atomic mass is 15.1. The fourth-order valence-corrected chi connectivity index (χ4v) is 4.55. The molecule has 3 fully saturated rings. The summed E-state index contributed by atoms with van der Waals surface area (Å²) in [6.45, 7) is 6.49. The molecule has 3 rings (SSSR count). The second-order valence-electron chi connectivity index (χ2n) is 7.59. The predicted octanol–water partition coefficient (Wildman–Crippen LogP) is 3.02. The summed E-state index contributed by atoms with van der Waals surface area (Å²) in [5.74, 6) is 1.99. The molecule has 2 heteroatoms. The van der Waals surface area contributed by atoms with Crippen LogP contribution in [0.1, 0.15) is 58.3 Å². The van der Waals surface area contributed by atoms with Crippen molar-refractivity contribution < 1.29 is 0 Å². The van der Waals surface area contributed by atoms with Crippen LogP contribution in [0, 0.1) is 17.3 Å². The third-order valence-electron chi connectivity index (χ3n) is 5.96. The normalized spacial score (nSPS) is 37.7. The Kier molecular flexibility index (Phi) is 3.68. The minimum atomic E-state index is 0.524. The molecule has 1 heterocycles. The molecule has 0 radical (unpaired) electrons. The van der Waals surface area contributed by atoms with Gasteiger partial charge in [0.15, 0.2) is 0 Å². The second kappa shape index (κ2) is 5.13. The maximum absolute atomic E-state index is 5.97. The van der Waals surface area contributed by atoms with E-state index >= 15 is 0 Å². The SMILES string of the molecule is CC1CCC(CN2CCC3(CC2)CC(N)C3)CC1. The third kappa shape index (κ3) is 2.75. The minimum Gasteiger partial charge on any atom is -0.328 e. The summed E-state index contributed by atoms with van der Waals surface area (Å²) >= 11 is 0. The van der Waals surface area contributed by atoms with Crippen LogP contribution in [0.25, 0.3) is 0 Å². The van der Waals surface area contributed by atoms with Crippen molar-refractivity contribution in [2.75, 3.05) is 19.6 Å². The largest absolute Gasteiger partial charge is 0.328 e. The first-order valence-electron chi connectivity index (χ1n) is 8.13. The third-order valence-corrected chi connectivity index (χ3v) is 5.96. The quantitative estimate of drug-likeness (QED) is 0.816. The molecule has 2 N–H and O–H groups in total. The summed E-state index contributed by atoms with van der Waals surface area (Å²) in [7, 11) is 0.